The largest absolute Gasteiger partial charge is 0.330 e. The van der Waals surface area contributed by atoms with E-state index in [0.717, 1.165) is 23.8 Å². The van der Waals surface area contributed by atoms with Crippen LogP contribution in [0.15, 0.2) is 44.5 Å². The normalized spacial score (nSPS) is 11.0. The second kappa shape index (κ2) is 8.44. The summed E-state index contributed by atoms with van der Waals surface area (Å²) in [5.41, 5.74) is 2.29. The van der Waals surface area contributed by atoms with Gasteiger partial charge in [0.15, 0.2) is 10.1 Å². The van der Waals surface area contributed by atoms with Crippen molar-refractivity contribution in [1.82, 2.24) is 10.2 Å². The molecule has 1 N–H and O–H groups in total. The van der Waals surface area contributed by atoms with Crippen LogP contribution in [0, 0.1) is 0 Å². The van der Waals surface area contributed by atoms with Crippen molar-refractivity contribution in [2.75, 3.05) is 11.1 Å². The lowest BCUT2D eigenvalue weighted by atomic mass is 10.0. The highest BCUT2D eigenvalue weighted by Gasteiger charge is 2.12. The molecule has 0 saturated heterocycles. The van der Waals surface area contributed by atoms with Crippen LogP contribution < -0.4 is 5.32 Å². The zero-order valence-corrected chi connectivity index (χ0v) is 17.7. The highest BCUT2D eigenvalue weighted by molar-refractivity contribution is 9.11. The molecule has 0 aliphatic rings. The molecule has 0 spiro atoms. The van der Waals surface area contributed by atoms with Gasteiger partial charge >= 0.3 is 0 Å². The second-order valence-corrected chi connectivity index (χ2v) is 10.3. The summed E-state index contributed by atoms with van der Waals surface area (Å²) in [6, 6.07) is 12.0. The molecule has 2 aromatic heterocycles. The fraction of sp³-hybridized carbons (Fsp3) is 0.235. The number of ketones is 1. The molecule has 25 heavy (non-hydrogen) atoms. The van der Waals surface area contributed by atoms with E-state index in [1.807, 2.05) is 24.3 Å². The molecule has 0 saturated carbocycles. The number of carbonyl (C=O) groups is 1. The number of thioether (sulfide) groups is 1. The molecule has 0 aliphatic carbocycles. The maximum Gasteiger partial charge on any atom is 0.210 e. The molecule has 1 aromatic carbocycles. The van der Waals surface area contributed by atoms with Gasteiger partial charge in [-0.15, -0.1) is 21.5 Å². The number of rotatable bonds is 7. The van der Waals surface area contributed by atoms with Gasteiger partial charge in [0.1, 0.15) is 0 Å². The third-order valence-corrected chi connectivity index (χ3v) is 7.05. The number of nitrogens with one attached hydrogen (secondary N) is 1. The Morgan fingerprint density at radius 3 is 2.56 bits per heavy atom. The lowest BCUT2D eigenvalue weighted by Crippen LogP contribution is -1.98. The summed E-state index contributed by atoms with van der Waals surface area (Å²) in [4.78, 5) is 12.9. The van der Waals surface area contributed by atoms with Crippen molar-refractivity contribution in [3.05, 3.63) is 50.6 Å². The number of hydrogen-bond donors (Lipinski definition) is 1. The zero-order chi connectivity index (χ0) is 17.8. The van der Waals surface area contributed by atoms with Gasteiger partial charge < -0.3 is 5.32 Å². The molecule has 2 heterocycles. The Hall–Kier alpha value is -1.22. The summed E-state index contributed by atoms with van der Waals surface area (Å²) in [6.45, 7) is 4.35. The molecule has 8 heteroatoms. The van der Waals surface area contributed by atoms with Crippen LogP contribution >= 0.6 is 50.4 Å². The van der Waals surface area contributed by atoms with E-state index in [1.165, 1.54) is 40.0 Å². The summed E-state index contributed by atoms with van der Waals surface area (Å²) in [7, 11) is 0. The van der Waals surface area contributed by atoms with Crippen LogP contribution in [0.3, 0.4) is 0 Å². The van der Waals surface area contributed by atoms with Crippen molar-refractivity contribution in [3.8, 4) is 0 Å². The van der Waals surface area contributed by atoms with Gasteiger partial charge in [0.2, 0.25) is 5.13 Å². The van der Waals surface area contributed by atoms with E-state index in [4.69, 9.17) is 0 Å². The van der Waals surface area contributed by atoms with Gasteiger partial charge in [0.25, 0.3) is 0 Å². The van der Waals surface area contributed by atoms with Crippen molar-refractivity contribution in [1.29, 1.82) is 0 Å². The third-order valence-electron chi connectivity index (χ3n) is 3.41. The van der Waals surface area contributed by atoms with Crippen LogP contribution in [-0.2, 0) is 0 Å². The number of aromatic nitrogens is 2. The van der Waals surface area contributed by atoms with Crippen molar-refractivity contribution in [2.45, 2.75) is 24.1 Å². The molecule has 0 fully saturated rings. The van der Waals surface area contributed by atoms with E-state index in [1.54, 1.807) is 0 Å². The lowest BCUT2D eigenvalue weighted by molar-refractivity contribution is 0.102. The lowest BCUT2D eigenvalue weighted by Gasteiger charge is -2.06. The number of halogens is 1. The van der Waals surface area contributed by atoms with Crippen LogP contribution in [0.2, 0.25) is 0 Å². The molecule has 130 valence electrons. The van der Waals surface area contributed by atoms with Crippen molar-refractivity contribution < 1.29 is 4.79 Å². The summed E-state index contributed by atoms with van der Waals surface area (Å²) < 4.78 is 1.75. The summed E-state index contributed by atoms with van der Waals surface area (Å²) in [6.07, 6.45) is 0. The quantitative estimate of drug-likeness (QED) is 0.340. The Morgan fingerprint density at radius 2 is 1.92 bits per heavy atom. The summed E-state index contributed by atoms with van der Waals surface area (Å²) >= 11 is 7.69. The Balaban J connectivity index is 1.56. The first-order chi connectivity index (χ1) is 12.0. The fourth-order valence-electron chi connectivity index (χ4n) is 2.06. The summed E-state index contributed by atoms with van der Waals surface area (Å²) in [5, 5.41) is 12.3. The molecule has 0 unspecified atom stereocenters. The van der Waals surface area contributed by atoms with E-state index in [9.17, 15) is 4.79 Å². The first kappa shape index (κ1) is 18.6. The molecule has 4 nitrogen and oxygen atoms in total. The standard InChI is InChI=1S/C17H16BrN3OS3/c1-10(2)11-3-5-12(6-4-11)19-16-20-21-17(25-16)23-9-13(22)14-7-8-15(18)24-14/h3-8,10H,9H2,1-2H3,(H,19,20). The van der Waals surface area contributed by atoms with Crippen LogP contribution in [0.5, 0.6) is 0 Å². The third kappa shape index (κ3) is 5.13. The Kier molecular flexibility index (Phi) is 6.27. The summed E-state index contributed by atoms with van der Waals surface area (Å²) in [5.74, 6) is 0.986. The number of thiophene rings is 1. The van der Waals surface area contributed by atoms with Crippen molar-refractivity contribution in [3.63, 3.8) is 0 Å². The second-order valence-electron chi connectivity index (χ2n) is 5.59. The van der Waals surface area contributed by atoms with E-state index in [0.29, 0.717) is 11.7 Å². The van der Waals surface area contributed by atoms with E-state index in [2.05, 4.69) is 57.4 Å². The minimum atomic E-state index is 0.106. The van der Waals surface area contributed by atoms with Crippen molar-refractivity contribution in [2.24, 2.45) is 0 Å². The molecule has 0 bridgehead atoms. The first-order valence-corrected chi connectivity index (χ1v) is 11.0. The molecular formula is C17H16BrN3OS3. The molecule has 3 rings (SSSR count). The van der Waals surface area contributed by atoms with E-state index < -0.39 is 0 Å². The van der Waals surface area contributed by atoms with Gasteiger partial charge in [-0.25, -0.2) is 0 Å². The highest BCUT2D eigenvalue weighted by atomic mass is 79.9. The maximum absolute atomic E-state index is 12.1. The topological polar surface area (TPSA) is 54.9 Å². The number of nitrogens with zero attached hydrogens (tertiary/aromatic N) is 2. The number of Topliss-reactive ketones (excluding diaryl/α,β-unsaturated/α-hetero) is 1. The molecule has 0 radical (unpaired) electrons. The van der Waals surface area contributed by atoms with Crippen LogP contribution in [0.25, 0.3) is 0 Å². The molecular weight excluding hydrogens is 438 g/mol. The van der Waals surface area contributed by atoms with Gasteiger partial charge in [-0.2, -0.15) is 0 Å². The minimum absolute atomic E-state index is 0.106. The highest BCUT2D eigenvalue weighted by Crippen LogP contribution is 2.30. The van der Waals surface area contributed by atoms with Crippen LogP contribution in [-0.4, -0.2) is 21.7 Å². The fourth-order valence-corrected chi connectivity index (χ4v) is 5.13. The van der Waals surface area contributed by atoms with Gasteiger partial charge in [0, 0.05) is 5.69 Å². The SMILES string of the molecule is CC(C)c1ccc(Nc2nnc(SCC(=O)c3ccc(Br)s3)s2)cc1. The number of anilines is 2. The van der Waals surface area contributed by atoms with E-state index in [-0.39, 0.29) is 5.78 Å². The van der Waals surface area contributed by atoms with Gasteiger partial charge in [-0.05, 0) is 51.7 Å². The average Bonchev–Trinajstić information content (AvgIpc) is 3.22. The Bertz CT molecular complexity index is 858. The van der Waals surface area contributed by atoms with Crippen molar-refractivity contribution >= 4 is 67.0 Å². The first-order valence-electron chi connectivity index (χ1n) is 7.63. The average molecular weight is 454 g/mol. The number of carbonyl (C=O) groups excluding carboxylic acids is 1. The van der Waals surface area contributed by atoms with Crippen LogP contribution in [0.4, 0.5) is 10.8 Å². The van der Waals surface area contributed by atoms with E-state index >= 15 is 0 Å². The van der Waals surface area contributed by atoms with Gasteiger partial charge in [-0.1, -0.05) is 49.1 Å². The monoisotopic (exact) mass is 453 g/mol. The Labute approximate surface area is 167 Å². The van der Waals surface area contributed by atoms with Crippen LogP contribution in [0.1, 0.15) is 35.0 Å². The number of hydrogen-bond acceptors (Lipinski definition) is 7. The molecule has 0 atom stereocenters. The predicted molar refractivity (Wildman–Crippen MR) is 111 cm³/mol. The smallest absolute Gasteiger partial charge is 0.210 e. The molecule has 0 amide bonds. The minimum Gasteiger partial charge on any atom is -0.330 e. The number of benzene rings is 1. The molecule has 3 aromatic rings. The zero-order valence-electron chi connectivity index (χ0n) is 13.7. The molecule has 0 aliphatic heterocycles. The van der Waals surface area contributed by atoms with Gasteiger partial charge in [-0.3, -0.25) is 4.79 Å². The predicted octanol–water partition coefficient (Wildman–Crippen LogP) is 6.20. The maximum atomic E-state index is 12.1. The Morgan fingerprint density at radius 1 is 1.16 bits per heavy atom. The van der Waals surface area contributed by atoms with Gasteiger partial charge in [0.05, 0.1) is 14.4 Å².